The molecule has 2 rings (SSSR count). The summed E-state index contributed by atoms with van der Waals surface area (Å²) in [7, 11) is 0. The Kier molecular flexibility index (Phi) is 0.963. The molecule has 0 aromatic rings. The molecular weight excluding hydrogens is 112 g/mol. The van der Waals surface area contributed by atoms with Gasteiger partial charge in [0, 0.05) is 0 Å². The van der Waals surface area contributed by atoms with Gasteiger partial charge in [-0.25, -0.2) is 0 Å². The second-order valence-electron chi connectivity index (χ2n) is 3.61. The molecular formula is C8H14O. The normalized spacial score (nSPS) is 47.7. The van der Waals surface area contributed by atoms with E-state index in [1.54, 1.807) is 0 Å². The minimum Gasteiger partial charge on any atom is -0.366 e. The van der Waals surface area contributed by atoms with Gasteiger partial charge in [-0.3, -0.25) is 0 Å². The summed E-state index contributed by atoms with van der Waals surface area (Å²) in [5.74, 6) is 0.741. The summed E-state index contributed by atoms with van der Waals surface area (Å²) in [6.45, 7) is 4.54. The zero-order chi connectivity index (χ0) is 6.48. The molecule has 2 aliphatic rings. The predicted molar refractivity (Wildman–Crippen MR) is 36.3 cm³/mol. The summed E-state index contributed by atoms with van der Waals surface area (Å²) in [6.07, 6.45) is 4.67. The average molecular weight is 126 g/mol. The molecule has 0 aromatic heterocycles. The molecule has 1 heterocycles. The van der Waals surface area contributed by atoms with Crippen molar-refractivity contribution in [2.45, 2.75) is 44.8 Å². The molecule has 1 saturated carbocycles. The summed E-state index contributed by atoms with van der Waals surface area (Å²) >= 11 is 0. The van der Waals surface area contributed by atoms with Crippen LogP contribution in [0.15, 0.2) is 0 Å². The molecule has 9 heavy (non-hydrogen) atoms. The smallest absolute Gasteiger partial charge is 0.0971 e. The Morgan fingerprint density at radius 3 is 2.56 bits per heavy atom. The summed E-state index contributed by atoms with van der Waals surface area (Å²) in [5, 5.41) is 0. The number of hydrogen-bond donors (Lipinski definition) is 0. The van der Waals surface area contributed by atoms with Crippen LogP contribution in [0.2, 0.25) is 0 Å². The maximum atomic E-state index is 5.60. The monoisotopic (exact) mass is 126 g/mol. The Morgan fingerprint density at radius 1 is 1.56 bits per heavy atom. The average Bonchev–Trinajstić information content (AvgIpc) is 2.38. The van der Waals surface area contributed by atoms with Gasteiger partial charge in [-0.1, -0.05) is 13.8 Å². The molecule has 0 bridgehead atoms. The number of ether oxygens (including phenoxy) is 1. The van der Waals surface area contributed by atoms with Crippen molar-refractivity contribution in [3.05, 3.63) is 0 Å². The first-order valence-corrected chi connectivity index (χ1v) is 3.93. The van der Waals surface area contributed by atoms with Crippen molar-refractivity contribution < 1.29 is 4.74 Å². The largest absolute Gasteiger partial charge is 0.366 e. The molecule has 1 saturated heterocycles. The van der Waals surface area contributed by atoms with E-state index in [1.165, 1.54) is 19.3 Å². The highest BCUT2D eigenvalue weighted by Crippen LogP contribution is 2.54. The first-order chi connectivity index (χ1) is 4.26. The summed E-state index contributed by atoms with van der Waals surface area (Å²) in [5.41, 5.74) is 0.361. The molecule has 2 fully saturated rings. The van der Waals surface area contributed by atoms with E-state index >= 15 is 0 Å². The van der Waals surface area contributed by atoms with Crippen molar-refractivity contribution in [2.24, 2.45) is 5.92 Å². The lowest BCUT2D eigenvalue weighted by Crippen LogP contribution is -2.17. The van der Waals surface area contributed by atoms with Crippen LogP contribution in [0.5, 0.6) is 0 Å². The minimum absolute atomic E-state index is 0.361. The third-order valence-corrected chi connectivity index (χ3v) is 2.86. The van der Waals surface area contributed by atoms with Crippen LogP contribution in [0.3, 0.4) is 0 Å². The van der Waals surface area contributed by atoms with Gasteiger partial charge in [0.15, 0.2) is 0 Å². The van der Waals surface area contributed by atoms with E-state index in [9.17, 15) is 0 Å². The van der Waals surface area contributed by atoms with E-state index in [2.05, 4.69) is 13.8 Å². The van der Waals surface area contributed by atoms with E-state index in [-0.39, 0.29) is 0 Å². The van der Waals surface area contributed by atoms with Crippen LogP contribution in [0.4, 0.5) is 0 Å². The van der Waals surface area contributed by atoms with Gasteiger partial charge in [-0.15, -0.1) is 0 Å². The molecule has 1 nitrogen and oxygen atoms in total. The fraction of sp³-hybridized carbons (Fsp3) is 1.00. The molecule has 0 amide bonds. The van der Waals surface area contributed by atoms with Crippen molar-refractivity contribution >= 4 is 0 Å². The lowest BCUT2D eigenvalue weighted by molar-refractivity contribution is 0.205. The Hall–Kier alpha value is -0.0400. The van der Waals surface area contributed by atoms with Crippen molar-refractivity contribution in [3.8, 4) is 0 Å². The summed E-state index contributed by atoms with van der Waals surface area (Å²) < 4.78 is 5.60. The molecule has 0 radical (unpaired) electrons. The minimum atomic E-state index is 0.361. The zero-order valence-corrected chi connectivity index (χ0v) is 6.18. The van der Waals surface area contributed by atoms with Crippen molar-refractivity contribution in [3.63, 3.8) is 0 Å². The Bertz CT molecular complexity index is 127. The van der Waals surface area contributed by atoms with Gasteiger partial charge in [0.1, 0.15) is 0 Å². The number of epoxide rings is 1. The number of fused-ring (bicyclic) bond motifs is 1. The molecule has 0 spiro atoms. The Morgan fingerprint density at radius 2 is 2.33 bits per heavy atom. The van der Waals surface area contributed by atoms with Crippen LogP contribution in [-0.4, -0.2) is 11.7 Å². The lowest BCUT2D eigenvalue weighted by Gasteiger charge is -2.11. The second-order valence-corrected chi connectivity index (χ2v) is 3.61. The molecule has 1 aliphatic carbocycles. The summed E-state index contributed by atoms with van der Waals surface area (Å²) in [4.78, 5) is 0. The summed E-state index contributed by atoms with van der Waals surface area (Å²) in [6, 6.07) is 0. The van der Waals surface area contributed by atoms with Crippen molar-refractivity contribution in [1.29, 1.82) is 0 Å². The van der Waals surface area contributed by atoms with Crippen LogP contribution < -0.4 is 0 Å². The molecule has 2 unspecified atom stereocenters. The molecule has 52 valence electrons. The van der Waals surface area contributed by atoms with Crippen LogP contribution in [0, 0.1) is 5.92 Å². The van der Waals surface area contributed by atoms with Crippen molar-refractivity contribution in [1.82, 2.24) is 0 Å². The van der Waals surface area contributed by atoms with Crippen molar-refractivity contribution in [2.75, 3.05) is 0 Å². The lowest BCUT2D eigenvalue weighted by atomic mass is 9.94. The van der Waals surface area contributed by atoms with Gasteiger partial charge in [0.05, 0.1) is 11.7 Å². The highest BCUT2D eigenvalue weighted by atomic mass is 16.6. The fourth-order valence-corrected chi connectivity index (χ4v) is 2.11. The van der Waals surface area contributed by atoms with Crippen LogP contribution in [0.1, 0.15) is 33.1 Å². The van der Waals surface area contributed by atoms with Crippen LogP contribution in [-0.2, 0) is 4.74 Å². The van der Waals surface area contributed by atoms with Gasteiger partial charge in [-0.05, 0) is 25.2 Å². The van der Waals surface area contributed by atoms with Gasteiger partial charge >= 0.3 is 0 Å². The first kappa shape index (κ1) is 5.72. The molecule has 1 aliphatic heterocycles. The van der Waals surface area contributed by atoms with E-state index in [4.69, 9.17) is 4.74 Å². The van der Waals surface area contributed by atoms with E-state index < -0.39 is 0 Å². The highest BCUT2D eigenvalue weighted by Gasteiger charge is 2.60. The number of hydrogen-bond acceptors (Lipinski definition) is 1. The molecule has 0 N–H and O–H groups in total. The number of rotatable bonds is 1. The SMILES string of the molecule is CC(C)C12CCCC1O2. The van der Waals surface area contributed by atoms with Gasteiger partial charge < -0.3 is 4.74 Å². The second kappa shape index (κ2) is 1.51. The highest BCUT2D eigenvalue weighted by molar-refractivity contribution is 5.08. The third-order valence-electron chi connectivity index (χ3n) is 2.86. The topological polar surface area (TPSA) is 12.5 Å². The van der Waals surface area contributed by atoms with Gasteiger partial charge in [-0.2, -0.15) is 0 Å². The fourth-order valence-electron chi connectivity index (χ4n) is 2.11. The third kappa shape index (κ3) is 0.586. The Labute approximate surface area is 56.4 Å². The van der Waals surface area contributed by atoms with Gasteiger partial charge in [0.2, 0.25) is 0 Å². The van der Waals surface area contributed by atoms with Crippen LogP contribution in [0.25, 0.3) is 0 Å². The van der Waals surface area contributed by atoms with E-state index in [0.717, 1.165) is 5.92 Å². The molecule has 1 heteroatoms. The Balaban J connectivity index is 2.10. The maximum Gasteiger partial charge on any atom is 0.0971 e. The van der Waals surface area contributed by atoms with Crippen LogP contribution >= 0.6 is 0 Å². The zero-order valence-electron chi connectivity index (χ0n) is 6.18. The predicted octanol–water partition coefficient (Wildman–Crippen LogP) is 1.96. The van der Waals surface area contributed by atoms with E-state index in [0.29, 0.717) is 11.7 Å². The first-order valence-electron chi connectivity index (χ1n) is 3.93. The standard InChI is InChI=1S/C8H14O/c1-6(2)8-5-3-4-7(8)9-8/h6-7H,3-5H2,1-2H3. The maximum absolute atomic E-state index is 5.60. The van der Waals surface area contributed by atoms with E-state index in [1.807, 2.05) is 0 Å². The quantitative estimate of drug-likeness (QED) is 0.489. The molecule has 0 aromatic carbocycles. The molecule has 2 atom stereocenters. The van der Waals surface area contributed by atoms with Gasteiger partial charge in [0.25, 0.3) is 0 Å².